The van der Waals surface area contributed by atoms with Crippen molar-refractivity contribution in [3.63, 3.8) is 0 Å². The molecular weight excluding hydrogens is 330 g/mol. The van der Waals surface area contributed by atoms with Crippen LogP contribution in [0.2, 0.25) is 5.02 Å². The van der Waals surface area contributed by atoms with Crippen molar-refractivity contribution in [1.82, 2.24) is 15.1 Å². The van der Waals surface area contributed by atoms with E-state index in [1.54, 1.807) is 0 Å². The Morgan fingerprint density at radius 3 is 2.83 bits per heavy atom. The quantitative estimate of drug-likeness (QED) is 0.891. The molecule has 0 radical (unpaired) electrons. The molecule has 1 aromatic carbocycles. The van der Waals surface area contributed by atoms with Crippen LogP contribution in [0.25, 0.3) is 0 Å². The van der Waals surface area contributed by atoms with Crippen LogP contribution in [0.3, 0.4) is 0 Å². The van der Waals surface area contributed by atoms with E-state index in [-0.39, 0.29) is 5.91 Å². The first kappa shape index (κ1) is 16.4. The number of nitrogens with one attached hydrogen (secondary N) is 1. The van der Waals surface area contributed by atoms with Gasteiger partial charge in [-0.1, -0.05) is 29.8 Å². The van der Waals surface area contributed by atoms with Gasteiger partial charge in [-0.05, 0) is 31.9 Å². The van der Waals surface area contributed by atoms with Gasteiger partial charge < -0.3 is 4.90 Å². The van der Waals surface area contributed by atoms with Crippen LogP contribution in [0.1, 0.15) is 39.0 Å². The van der Waals surface area contributed by atoms with E-state index in [9.17, 15) is 4.79 Å². The summed E-state index contributed by atoms with van der Waals surface area (Å²) in [6.07, 6.45) is 0.913. The molecule has 1 atom stereocenters. The first-order valence-corrected chi connectivity index (χ1v) is 9.17. The summed E-state index contributed by atoms with van der Waals surface area (Å²) in [7, 11) is 0. The lowest BCUT2D eigenvalue weighted by molar-refractivity contribution is 0.0765. The standard InChI is InChI=1S/C17H20ClN3OS/c1-11-16(12(2)20-19-11)17(22)21-8-7-15(23-10-9-21)13-5-3-4-6-14(13)18/h3-6,15H,7-10H2,1-2H3,(H,19,20)/t15-/m1/s1. The highest BCUT2D eigenvalue weighted by atomic mass is 35.5. The molecule has 1 aliphatic heterocycles. The molecule has 3 rings (SSSR count). The number of carbonyl (C=O) groups is 1. The molecule has 1 N–H and O–H groups in total. The number of aromatic amines is 1. The van der Waals surface area contributed by atoms with Crippen LogP contribution >= 0.6 is 23.4 Å². The molecule has 1 amide bonds. The van der Waals surface area contributed by atoms with Crippen LogP contribution in [-0.2, 0) is 0 Å². The van der Waals surface area contributed by atoms with Gasteiger partial charge in [0.1, 0.15) is 0 Å². The number of rotatable bonds is 2. The highest BCUT2D eigenvalue weighted by molar-refractivity contribution is 7.99. The van der Waals surface area contributed by atoms with Crippen LogP contribution in [0, 0.1) is 13.8 Å². The van der Waals surface area contributed by atoms with Crippen molar-refractivity contribution in [3.05, 3.63) is 51.8 Å². The molecule has 0 saturated carbocycles. The van der Waals surface area contributed by atoms with Gasteiger partial charge in [-0.3, -0.25) is 9.89 Å². The Labute approximate surface area is 145 Å². The van der Waals surface area contributed by atoms with Gasteiger partial charge in [-0.2, -0.15) is 16.9 Å². The third kappa shape index (κ3) is 3.40. The molecule has 0 bridgehead atoms. The number of aromatic nitrogens is 2. The molecule has 4 nitrogen and oxygen atoms in total. The highest BCUT2D eigenvalue weighted by Crippen LogP contribution is 2.38. The van der Waals surface area contributed by atoms with Crippen molar-refractivity contribution < 1.29 is 4.79 Å². The van der Waals surface area contributed by atoms with Crippen molar-refractivity contribution >= 4 is 29.3 Å². The Morgan fingerprint density at radius 2 is 2.13 bits per heavy atom. The number of aryl methyl sites for hydroxylation is 2. The van der Waals surface area contributed by atoms with Gasteiger partial charge in [0.2, 0.25) is 0 Å². The number of hydrogen-bond acceptors (Lipinski definition) is 3. The smallest absolute Gasteiger partial charge is 0.257 e. The van der Waals surface area contributed by atoms with E-state index in [1.807, 2.05) is 48.7 Å². The number of hydrogen-bond donors (Lipinski definition) is 1. The Balaban J connectivity index is 1.74. The Morgan fingerprint density at radius 1 is 1.35 bits per heavy atom. The maximum absolute atomic E-state index is 12.8. The molecule has 23 heavy (non-hydrogen) atoms. The van der Waals surface area contributed by atoms with E-state index in [0.29, 0.717) is 10.8 Å². The third-order valence-corrected chi connectivity index (χ3v) is 5.88. The van der Waals surface area contributed by atoms with Gasteiger partial charge in [0, 0.05) is 34.8 Å². The van der Waals surface area contributed by atoms with Crippen LogP contribution in [0.4, 0.5) is 0 Å². The SMILES string of the molecule is Cc1n[nH]c(C)c1C(=O)N1CCS[C@@H](c2ccccc2Cl)CC1. The van der Waals surface area contributed by atoms with Gasteiger partial charge in [0.05, 0.1) is 11.3 Å². The average molecular weight is 350 g/mol. The number of halogens is 1. The van der Waals surface area contributed by atoms with Crippen molar-refractivity contribution in [2.75, 3.05) is 18.8 Å². The zero-order valence-electron chi connectivity index (χ0n) is 13.3. The van der Waals surface area contributed by atoms with Gasteiger partial charge in [0.25, 0.3) is 5.91 Å². The first-order valence-electron chi connectivity index (χ1n) is 7.75. The number of carbonyl (C=O) groups excluding carboxylic acids is 1. The summed E-state index contributed by atoms with van der Waals surface area (Å²) in [4.78, 5) is 14.7. The second-order valence-corrected chi connectivity index (χ2v) is 7.49. The fourth-order valence-corrected chi connectivity index (χ4v) is 4.58. The Bertz CT molecular complexity index is 696. The van der Waals surface area contributed by atoms with Gasteiger partial charge in [0.15, 0.2) is 0 Å². The van der Waals surface area contributed by atoms with E-state index in [2.05, 4.69) is 16.3 Å². The molecule has 2 heterocycles. The Kier molecular flexibility index (Phi) is 4.97. The minimum atomic E-state index is 0.0779. The summed E-state index contributed by atoms with van der Waals surface area (Å²) in [5.41, 5.74) is 3.49. The molecule has 2 aromatic rings. The summed E-state index contributed by atoms with van der Waals surface area (Å²) in [6, 6.07) is 7.99. The maximum atomic E-state index is 12.8. The summed E-state index contributed by atoms with van der Waals surface area (Å²) in [5.74, 6) is 0.992. The molecule has 6 heteroatoms. The van der Waals surface area contributed by atoms with E-state index in [0.717, 1.165) is 41.7 Å². The fraction of sp³-hybridized carbons (Fsp3) is 0.412. The monoisotopic (exact) mass is 349 g/mol. The van der Waals surface area contributed by atoms with Gasteiger partial charge >= 0.3 is 0 Å². The van der Waals surface area contributed by atoms with Crippen molar-refractivity contribution in [1.29, 1.82) is 0 Å². The summed E-state index contributed by atoms with van der Waals surface area (Å²) in [6.45, 7) is 5.27. The molecule has 1 aromatic heterocycles. The zero-order valence-corrected chi connectivity index (χ0v) is 14.9. The number of amides is 1. The predicted octanol–water partition coefficient (Wildman–Crippen LogP) is 4.00. The van der Waals surface area contributed by atoms with Crippen molar-refractivity contribution in [2.45, 2.75) is 25.5 Å². The molecule has 1 aliphatic rings. The summed E-state index contributed by atoms with van der Waals surface area (Å²) < 4.78 is 0. The minimum Gasteiger partial charge on any atom is -0.338 e. The topological polar surface area (TPSA) is 49.0 Å². The predicted molar refractivity (Wildman–Crippen MR) is 95.2 cm³/mol. The fourth-order valence-electron chi connectivity index (χ4n) is 2.98. The van der Waals surface area contributed by atoms with E-state index in [1.165, 1.54) is 5.56 Å². The van der Waals surface area contributed by atoms with Crippen LogP contribution < -0.4 is 0 Å². The first-order chi connectivity index (χ1) is 11.1. The average Bonchev–Trinajstić information content (AvgIpc) is 2.75. The molecule has 0 spiro atoms. The Hall–Kier alpha value is -1.46. The third-order valence-electron chi connectivity index (χ3n) is 4.22. The molecular formula is C17H20ClN3OS. The second kappa shape index (κ2) is 6.97. The largest absolute Gasteiger partial charge is 0.338 e. The summed E-state index contributed by atoms with van der Waals surface area (Å²) >= 11 is 8.20. The van der Waals surface area contributed by atoms with Crippen molar-refractivity contribution in [2.24, 2.45) is 0 Å². The van der Waals surface area contributed by atoms with Crippen LogP contribution in [0.5, 0.6) is 0 Å². The molecule has 0 unspecified atom stereocenters. The molecule has 122 valence electrons. The second-order valence-electron chi connectivity index (χ2n) is 5.77. The van der Waals surface area contributed by atoms with Crippen LogP contribution in [-0.4, -0.2) is 39.8 Å². The van der Waals surface area contributed by atoms with E-state index >= 15 is 0 Å². The highest BCUT2D eigenvalue weighted by Gasteiger charge is 2.26. The number of H-pyrrole nitrogens is 1. The minimum absolute atomic E-state index is 0.0779. The summed E-state index contributed by atoms with van der Waals surface area (Å²) in [5, 5.41) is 8.18. The molecule has 0 aliphatic carbocycles. The van der Waals surface area contributed by atoms with Crippen molar-refractivity contribution in [3.8, 4) is 0 Å². The van der Waals surface area contributed by atoms with E-state index < -0.39 is 0 Å². The zero-order chi connectivity index (χ0) is 16.4. The van der Waals surface area contributed by atoms with Gasteiger partial charge in [-0.15, -0.1) is 0 Å². The lowest BCUT2D eigenvalue weighted by atomic mass is 10.1. The van der Waals surface area contributed by atoms with E-state index in [4.69, 9.17) is 11.6 Å². The normalized spacial score (nSPS) is 18.7. The molecule has 1 saturated heterocycles. The maximum Gasteiger partial charge on any atom is 0.257 e. The number of nitrogens with zero attached hydrogens (tertiary/aromatic N) is 2. The van der Waals surface area contributed by atoms with Gasteiger partial charge in [-0.25, -0.2) is 0 Å². The van der Waals surface area contributed by atoms with Crippen LogP contribution in [0.15, 0.2) is 24.3 Å². The number of benzene rings is 1. The lowest BCUT2D eigenvalue weighted by Crippen LogP contribution is -2.33. The molecule has 1 fully saturated rings. The lowest BCUT2D eigenvalue weighted by Gasteiger charge is -2.20. The number of thioether (sulfide) groups is 1.